The van der Waals surface area contributed by atoms with Crippen LogP contribution in [0, 0.1) is 0 Å². The molecule has 0 bridgehead atoms. The highest BCUT2D eigenvalue weighted by molar-refractivity contribution is 7.99. The molecule has 0 saturated heterocycles. The zero-order valence-corrected chi connectivity index (χ0v) is 15.6. The number of hydrogen-bond donors (Lipinski definition) is 1. The van der Waals surface area contributed by atoms with Crippen molar-refractivity contribution in [3.05, 3.63) is 52.4 Å². The van der Waals surface area contributed by atoms with E-state index in [0.717, 1.165) is 17.1 Å². The van der Waals surface area contributed by atoms with E-state index < -0.39 is 6.04 Å². The summed E-state index contributed by atoms with van der Waals surface area (Å²) in [6.45, 7) is 4.27. The van der Waals surface area contributed by atoms with Crippen LogP contribution in [0.25, 0.3) is 0 Å². The molecule has 1 unspecified atom stereocenters. The highest BCUT2D eigenvalue weighted by Gasteiger charge is 2.35. The molecule has 1 N–H and O–H groups in total. The second-order valence-electron chi connectivity index (χ2n) is 5.45. The summed E-state index contributed by atoms with van der Waals surface area (Å²) in [7, 11) is 0. The lowest BCUT2D eigenvalue weighted by Gasteiger charge is -2.28. The molecule has 1 aromatic heterocycles. The van der Waals surface area contributed by atoms with Crippen molar-refractivity contribution in [2.24, 2.45) is 0 Å². The number of ether oxygens (including phenoxy) is 1. The molecule has 3 rings (SSSR count). The maximum Gasteiger partial charge on any atom is 0.338 e. The van der Waals surface area contributed by atoms with Crippen LogP contribution in [0.3, 0.4) is 0 Å². The van der Waals surface area contributed by atoms with Gasteiger partial charge in [0.15, 0.2) is 0 Å². The van der Waals surface area contributed by atoms with Gasteiger partial charge in [-0.15, -0.1) is 0 Å². The number of thioether (sulfide) groups is 1. The zero-order chi connectivity index (χ0) is 17.8. The quantitative estimate of drug-likeness (QED) is 0.612. The number of anilines is 1. The molecule has 0 saturated carbocycles. The first-order chi connectivity index (χ1) is 12.1. The van der Waals surface area contributed by atoms with Gasteiger partial charge in [0, 0.05) is 22.0 Å². The third-order valence-electron chi connectivity index (χ3n) is 3.88. The van der Waals surface area contributed by atoms with Crippen molar-refractivity contribution in [3.8, 4) is 0 Å². The van der Waals surface area contributed by atoms with Gasteiger partial charge < -0.3 is 10.1 Å². The number of aromatic nitrogens is 3. The summed E-state index contributed by atoms with van der Waals surface area (Å²) in [5, 5.41) is 7.95. The van der Waals surface area contributed by atoms with Crippen molar-refractivity contribution in [1.29, 1.82) is 0 Å². The Bertz CT molecular complexity index is 805. The van der Waals surface area contributed by atoms with E-state index in [2.05, 4.69) is 22.3 Å². The monoisotopic (exact) mass is 378 g/mol. The molecule has 2 heterocycles. The first-order valence-corrected chi connectivity index (χ1v) is 9.53. The maximum absolute atomic E-state index is 12.8. The molecular weight excluding hydrogens is 360 g/mol. The number of halogens is 1. The van der Waals surface area contributed by atoms with E-state index in [1.807, 2.05) is 25.1 Å². The number of allylic oxidation sites excluding steroid dienone is 1. The molecule has 25 heavy (non-hydrogen) atoms. The van der Waals surface area contributed by atoms with E-state index in [1.165, 1.54) is 6.33 Å². The Morgan fingerprint density at radius 1 is 1.44 bits per heavy atom. The van der Waals surface area contributed by atoms with Crippen molar-refractivity contribution in [3.63, 3.8) is 0 Å². The summed E-state index contributed by atoms with van der Waals surface area (Å²) in [6, 6.07) is 6.95. The first-order valence-electron chi connectivity index (χ1n) is 8.00. The van der Waals surface area contributed by atoms with E-state index in [1.54, 1.807) is 22.5 Å². The molecule has 6 nitrogen and oxygen atoms in total. The lowest BCUT2D eigenvalue weighted by atomic mass is 9.96. The fraction of sp³-hybridized carbons (Fsp3) is 0.353. The smallest absolute Gasteiger partial charge is 0.338 e. The lowest BCUT2D eigenvalue weighted by molar-refractivity contribution is -0.138. The minimum Gasteiger partial charge on any atom is -0.461 e. The topological polar surface area (TPSA) is 69.0 Å². The van der Waals surface area contributed by atoms with Crippen LogP contribution in [0.2, 0.25) is 5.02 Å². The van der Waals surface area contributed by atoms with E-state index in [9.17, 15) is 4.79 Å². The minimum atomic E-state index is -0.473. The molecule has 2 aromatic rings. The number of carbonyl (C=O) groups is 1. The Labute approximate surface area is 155 Å². The van der Waals surface area contributed by atoms with Gasteiger partial charge >= 0.3 is 5.97 Å². The van der Waals surface area contributed by atoms with Crippen LogP contribution in [0.4, 0.5) is 5.95 Å². The summed E-state index contributed by atoms with van der Waals surface area (Å²) in [4.78, 5) is 17.0. The number of rotatable bonds is 6. The third kappa shape index (κ3) is 3.67. The molecule has 1 aromatic carbocycles. The number of hydrogen-bond acceptors (Lipinski definition) is 6. The molecule has 1 aliphatic heterocycles. The van der Waals surface area contributed by atoms with Crippen molar-refractivity contribution < 1.29 is 9.53 Å². The van der Waals surface area contributed by atoms with E-state index in [4.69, 9.17) is 16.3 Å². The highest BCUT2D eigenvalue weighted by atomic mass is 35.5. The molecule has 0 aliphatic carbocycles. The van der Waals surface area contributed by atoms with Crippen molar-refractivity contribution in [2.75, 3.05) is 23.4 Å². The van der Waals surface area contributed by atoms with Crippen LogP contribution in [-0.2, 0) is 9.53 Å². The van der Waals surface area contributed by atoms with Gasteiger partial charge in [0.05, 0.1) is 5.57 Å². The average Bonchev–Trinajstić information content (AvgIpc) is 3.06. The minimum absolute atomic E-state index is 0.368. The Balaban J connectivity index is 1.96. The zero-order valence-electron chi connectivity index (χ0n) is 14.0. The third-order valence-corrected chi connectivity index (χ3v) is 5.09. The van der Waals surface area contributed by atoms with Gasteiger partial charge in [-0.25, -0.2) is 9.48 Å². The Kier molecular flexibility index (Phi) is 5.65. The largest absolute Gasteiger partial charge is 0.461 e. The van der Waals surface area contributed by atoms with Crippen molar-refractivity contribution in [1.82, 2.24) is 14.8 Å². The van der Waals surface area contributed by atoms with E-state index in [-0.39, 0.29) is 5.97 Å². The van der Waals surface area contributed by atoms with Gasteiger partial charge in [-0.3, -0.25) is 0 Å². The second kappa shape index (κ2) is 7.93. The van der Waals surface area contributed by atoms with Crippen LogP contribution in [0.1, 0.15) is 25.5 Å². The number of benzene rings is 1. The van der Waals surface area contributed by atoms with Crippen LogP contribution >= 0.6 is 23.4 Å². The average molecular weight is 379 g/mol. The fourth-order valence-corrected chi connectivity index (χ4v) is 3.48. The molecule has 132 valence electrons. The number of nitrogens with one attached hydrogen (secondary N) is 1. The molecule has 0 fully saturated rings. The van der Waals surface area contributed by atoms with Gasteiger partial charge in [0.1, 0.15) is 19.0 Å². The lowest BCUT2D eigenvalue weighted by Crippen LogP contribution is -2.30. The van der Waals surface area contributed by atoms with Gasteiger partial charge in [0.25, 0.3) is 0 Å². The van der Waals surface area contributed by atoms with Gasteiger partial charge in [-0.2, -0.15) is 21.8 Å². The van der Waals surface area contributed by atoms with Crippen LogP contribution in [0.15, 0.2) is 41.9 Å². The standard InChI is InChI=1S/C17H19ClN4O2S/c1-3-25-9-8-24-16(23)14-11(2)21-17-19-10-20-22(17)15(14)12-6-4-5-7-13(12)18/h4-7,10,15H,3,8-9H2,1-2H3,(H,19,20,21). The number of esters is 1. The second-order valence-corrected chi connectivity index (χ2v) is 7.25. The predicted octanol–water partition coefficient (Wildman–Crippen LogP) is 3.52. The Morgan fingerprint density at radius 3 is 3.00 bits per heavy atom. The summed E-state index contributed by atoms with van der Waals surface area (Å²) in [6.07, 6.45) is 1.45. The van der Waals surface area contributed by atoms with E-state index in [0.29, 0.717) is 28.8 Å². The molecule has 0 spiro atoms. The van der Waals surface area contributed by atoms with Gasteiger partial charge in [-0.05, 0) is 18.7 Å². The number of fused-ring (bicyclic) bond motifs is 1. The summed E-state index contributed by atoms with van der Waals surface area (Å²) >= 11 is 8.12. The van der Waals surface area contributed by atoms with Crippen molar-refractivity contribution in [2.45, 2.75) is 19.9 Å². The summed E-state index contributed by atoms with van der Waals surface area (Å²) in [5.74, 6) is 1.96. The molecular formula is C17H19ClN4O2S. The van der Waals surface area contributed by atoms with Gasteiger partial charge in [-0.1, -0.05) is 36.7 Å². The van der Waals surface area contributed by atoms with Crippen molar-refractivity contribution >= 4 is 35.3 Å². The molecule has 8 heteroatoms. The Hall–Kier alpha value is -1.99. The maximum atomic E-state index is 12.8. The number of carbonyl (C=O) groups excluding carboxylic acids is 1. The summed E-state index contributed by atoms with van der Waals surface area (Å²) in [5.41, 5.74) is 1.97. The van der Waals surface area contributed by atoms with Crippen LogP contribution < -0.4 is 5.32 Å². The predicted molar refractivity (Wildman–Crippen MR) is 99.9 cm³/mol. The van der Waals surface area contributed by atoms with Crippen LogP contribution in [0.5, 0.6) is 0 Å². The first kappa shape index (κ1) is 17.8. The number of nitrogens with zero attached hydrogens (tertiary/aromatic N) is 3. The fourth-order valence-electron chi connectivity index (χ4n) is 2.76. The SMILES string of the molecule is CCSCCOC(=O)C1=C(C)Nc2ncnn2C1c1ccccc1Cl. The highest BCUT2D eigenvalue weighted by Crippen LogP contribution is 2.37. The van der Waals surface area contributed by atoms with E-state index >= 15 is 0 Å². The normalized spacial score (nSPS) is 16.4. The molecule has 1 aliphatic rings. The molecule has 0 amide bonds. The van der Waals surface area contributed by atoms with Gasteiger partial charge in [0.2, 0.25) is 5.95 Å². The molecule has 0 radical (unpaired) electrons. The Morgan fingerprint density at radius 2 is 2.24 bits per heavy atom. The summed E-state index contributed by atoms with van der Waals surface area (Å²) < 4.78 is 7.13. The molecule has 1 atom stereocenters. The van der Waals surface area contributed by atoms with Crippen LogP contribution in [-0.4, -0.2) is 38.8 Å².